The molecule has 0 aliphatic heterocycles. The van der Waals surface area contributed by atoms with Crippen LogP contribution in [0.2, 0.25) is 5.02 Å². The van der Waals surface area contributed by atoms with Gasteiger partial charge in [0.15, 0.2) is 0 Å². The number of hydrogen-bond acceptors (Lipinski definition) is 2. The molecule has 0 radical (unpaired) electrons. The summed E-state index contributed by atoms with van der Waals surface area (Å²) in [4.78, 5) is 12.3. The molecule has 0 spiro atoms. The van der Waals surface area contributed by atoms with Gasteiger partial charge in [-0.1, -0.05) is 17.7 Å². The lowest BCUT2D eigenvalue weighted by Crippen LogP contribution is -2.13. The minimum Gasteiger partial charge on any atom is -0.497 e. The molecule has 0 aromatic heterocycles. The third-order valence-corrected chi connectivity index (χ3v) is 4.71. The fourth-order valence-corrected chi connectivity index (χ4v) is 2.56. The van der Waals surface area contributed by atoms with Gasteiger partial charge < -0.3 is 10.1 Å². The zero-order valence-corrected chi connectivity index (χ0v) is 14.3. The molecule has 20 heavy (non-hydrogen) atoms. The number of nitrogens with one attached hydrogen (secondary N) is 1. The van der Waals surface area contributed by atoms with Crippen molar-refractivity contribution in [1.29, 1.82) is 0 Å². The SMILES string of the molecule is COc1ccc(Br)c(C(=O)Nc2cccc(Cl)c2Br)c1. The van der Waals surface area contributed by atoms with Crippen LogP contribution in [0.3, 0.4) is 0 Å². The largest absolute Gasteiger partial charge is 0.497 e. The van der Waals surface area contributed by atoms with Crippen molar-refractivity contribution >= 4 is 55.1 Å². The van der Waals surface area contributed by atoms with Gasteiger partial charge in [-0.05, 0) is 62.2 Å². The summed E-state index contributed by atoms with van der Waals surface area (Å²) in [5.74, 6) is 0.363. The average Bonchev–Trinajstić information content (AvgIpc) is 2.44. The van der Waals surface area contributed by atoms with Crippen LogP contribution in [0.4, 0.5) is 5.69 Å². The lowest BCUT2D eigenvalue weighted by atomic mass is 10.2. The second-order valence-corrected chi connectivity index (χ2v) is 5.96. The second kappa shape index (κ2) is 6.61. The molecule has 0 unspecified atom stereocenters. The molecule has 1 N–H and O–H groups in total. The number of anilines is 1. The topological polar surface area (TPSA) is 38.3 Å². The van der Waals surface area contributed by atoms with Gasteiger partial charge in [-0.3, -0.25) is 4.79 Å². The number of amides is 1. The van der Waals surface area contributed by atoms with E-state index >= 15 is 0 Å². The van der Waals surface area contributed by atoms with Crippen LogP contribution in [0, 0.1) is 0 Å². The molecule has 104 valence electrons. The fraction of sp³-hybridized carbons (Fsp3) is 0.0714. The number of hydrogen-bond donors (Lipinski definition) is 1. The Hall–Kier alpha value is -1.04. The normalized spacial score (nSPS) is 10.2. The number of carbonyl (C=O) groups excluding carboxylic acids is 1. The van der Waals surface area contributed by atoms with Gasteiger partial charge in [-0.25, -0.2) is 0 Å². The van der Waals surface area contributed by atoms with Gasteiger partial charge in [0.1, 0.15) is 5.75 Å². The maximum atomic E-state index is 12.3. The summed E-state index contributed by atoms with van der Waals surface area (Å²) < 4.78 is 6.46. The summed E-state index contributed by atoms with van der Waals surface area (Å²) in [6.45, 7) is 0. The van der Waals surface area contributed by atoms with Gasteiger partial charge in [0.05, 0.1) is 27.9 Å². The quantitative estimate of drug-likeness (QED) is 0.749. The van der Waals surface area contributed by atoms with Gasteiger partial charge in [-0.2, -0.15) is 0 Å². The van der Waals surface area contributed by atoms with Crippen LogP contribution in [0.15, 0.2) is 45.3 Å². The maximum absolute atomic E-state index is 12.3. The Morgan fingerprint density at radius 2 is 2.00 bits per heavy atom. The molecular formula is C14H10Br2ClNO2. The molecule has 0 heterocycles. The first-order valence-corrected chi connectivity index (χ1v) is 7.58. The molecule has 0 aliphatic carbocycles. The van der Waals surface area contributed by atoms with Crippen LogP contribution in [-0.2, 0) is 0 Å². The number of halogens is 3. The van der Waals surface area contributed by atoms with E-state index in [0.717, 1.165) is 0 Å². The zero-order valence-electron chi connectivity index (χ0n) is 10.4. The van der Waals surface area contributed by atoms with E-state index in [1.165, 1.54) is 0 Å². The summed E-state index contributed by atoms with van der Waals surface area (Å²) >= 11 is 12.7. The molecule has 0 saturated carbocycles. The summed E-state index contributed by atoms with van der Waals surface area (Å²) in [6, 6.07) is 10.5. The molecule has 3 nitrogen and oxygen atoms in total. The third-order valence-electron chi connectivity index (χ3n) is 2.62. The van der Waals surface area contributed by atoms with E-state index in [1.807, 2.05) is 0 Å². The van der Waals surface area contributed by atoms with E-state index in [9.17, 15) is 4.79 Å². The Bertz CT molecular complexity index is 662. The molecule has 0 aliphatic rings. The van der Waals surface area contributed by atoms with Gasteiger partial charge in [0.25, 0.3) is 5.91 Å². The van der Waals surface area contributed by atoms with Crippen molar-refractivity contribution < 1.29 is 9.53 Å². The Morgan fingerprint density at radius 3 is 2.70 bits per heavy atom. The predicted molar refractivity (Wildman–Crippen MR) is 87.8 cm³/mol. The Labute approximate surface area is 138 Å². The lowest BCUT2D eigenvalue weighted by Gasteiger charge is -2.10. The summed E-state index contributed by atoms with van der Waals surface area (Å²) in [7, 11) is 1.55. The Kier molecular flexibility index (Phi) is 5.07. The number of methoxy groups -OCH3 is 1. The van der Waals surface area contributed by atoms with Crippen LogP contribution in [0.1, 0.15) is 10.4 Å². The molecule has 0 bridgehead atoms. The molecule has 2 rings (SSSR count). The highest BCUT2D eigenvalue weighted by molar-refractivity contribution is 9.11. The summed E-state index contributed by atoms with van der Waals surface area (Å²) in [6.07, 6.45) is 0. The smallest absolute Gasteiger partial charge is 0.256 e. The van der Waals surface area contributed by atoms with Gasteiger partial charge in [-0.15, -0.1) is 0 Å². The first kappa shape index (κ1) is 15.4. The highest BCUT2D eigenvalue weighted by atomic mass is 79.9. The van der Waals surface area contributed by atoms with E-state index in [4.69, 9.17) is 16.3 Å². The highest BCUT2D eigenvalue weighted by Crippen LogP contribution is 2.31. The number of carbonyl (C=O) groups is 1. The van der Waals surface area contributed by atoms with Gasteiger partial charge in [0.2, 0.25) is 0 Å². The first-order valence-electron chi connectivity index (χ1n) is 5.62. The van der Waals surface area contributed by atoms with Gasteiger partial charge >= 0.3 is 0 Å². The van der Waals surface area contributed by atoms with Crippen molar-refractivity contribution in [2.45, 2.75) is 0 Å². The Morgan fingerprint density at radius 1 is 1.25 bits per heavy atom. The predicted octanol–water partition coefficient (Wildman–Crippen LogP) is 5.13. The number of benzene rings is 2. The van der Waals surface area contributed by atoms with Crippen molar-refractivity contribution in [1.82, 2.24) is 0 Å². The van der Waals surface area contributed by atoms with Crippen molar-refractivity contribution in [3.05, 3.63) is 55.9 Å². The van der Waals surface area contributed by atoms with E-state index in [2.05, 4.69) is 37.2 Å². The molecule has 0 fully saturated rings. The maximum Gasteiger partial charge on any atom is 0.256 e. The minimum absolute atomic E-state index is 0.251. The van der Waals surface area contributed by atoms with Crippen LogP contribution in [0.5, 0.6) is 5.75 Å². The van der Waals surface area contributed by atoms with Crippen LogP contribution >= 0.6 is 43.5 Å². The molecule has 0 saturated heterocycles. The molecule has 6 heteroatoms. The van der Waals surface area contributed by atoms with Crippen molar-refractivity contribution in [3.8, 4) is 5.75 Å². The van der Waals surface area contributed by atoms with E-state index in [1.54, 1.807) is 43.5 Å². The zero-order chi connectivity index (χ0) is 14.7. The monoisotopic (exact) mass is 417 g/mol. The van der Waals surface area contributed by atoms with E-state index < -0.39 is 0 Å². The lowest BCUT2D eigenvalue weighted by molar-refractivity contribution is 0.102. The van der Waals surface area contributed by atoms with Crippen molar-refractivity contribution in [3.63, 3.8) is 0 Å². The number of rotatable bonds is 3. The summed E-state index contributed by atoms with van der Waals surface area (Å²) in [5.41, 5.74) is 1.09. The second-order valence-electron chi connectivity index (χ2n) is 3.90. The summed E-state index contributed by atoms with van der Waals surface area (Å²) in [5, 5.41) is 3.34. The van der Waals surface area contributed by atoms with Crippen molar-refractivity contribution in [2.75, 3.05) is 12.4 Å². The minimum atomic E-state index is -0.251. The van der Waals surface area contributed by atoms with Crippen LogP contribution < -0.4 is 10.1 Å². The average molecular weight is 420 g/mol. The molecular weight excluding hydrogens is 409 g/mol. The third kappa shape index (κ3) is 3.34. The highest BCUT2D eigenvalue weighted by Gasteiger charge is 2.13. The molecule has 1 amide bonds. The standard InChI is InChI=1S/C14H10Br2ClNO2/c1-20-8-5-6-10(15)9(7-8)14(19)18-12-4-2-3-11(17)13(12)16/h2-7H,1H3,(H,18,19). The molecule has 2 aromatic carbocycles. The Balaban J connectivity index is 2.30. The molecule has 0 atom stereocenters. The van der Waals surface area contributed by atoms with Gasteiger partial charge in [0, 0.05) is 4.47 Å². The van der Waals surface area contributed by atoms with Crippen LogP contribution in [-0.4, -0.2) is 13.0 Å². The van der Waals surface area contributed by atoms with Crippen molar-refractivity contribution in [2.24, 2.45) is 0 Å². The van der Waals surface area contributed by atoms with E-state index in [0.29, 0.717) is 31.0 Å². The van der Waals surface area contributed by atoms with E-state index in [-0.39, 0.29) is 5.91 Å². The van der Waals surface area contributed by atoms with Crippen LogP contribution in [0.25, 0.3) is 0 Å². The number of ether oxygens (including phenoxy) is 1. The first-order chi connectivity index (χ1) is 9.52. The fourth-order valence-electron chi connectivity index (χ4n) is 1.60. The molecule has 2 aromatic rings.